The van der Waals surface area contributed by atoms with Crippen molar-refractivity contribution in [3.05, 3.63) is 76.0 Å². The maximum atomic E-state index is 15.2. The molecule has 33 heavy (non-hydrogen) atoms. The van der Waals surface area contributed by atoms with Gasteiger partial charge in [0.25, 0.3) is 0 Å². The van der Waals surface area contributed by atoms with E-state index < -0.39 is 35.5 Å². The van der Waals surface area contributed by atoms with E-state index in [0.717, 1.165) is 24.3 Å². The Morgan fingerprint density at radius 1 is 1.12 bits per heavy atom. The highest BCUT2D eigenvalue weighted by molar-refractivity contribution is 6.34. The number of aromatic nitrogens is 2. The Labute approximate surface area is 186 Å². The minimum atomic E-state index is -4.60. The highest BCUT2D eigenvalue weighted by Gasteiger charge is 2.36. The maximum Gasteiger partial charge on any atom is 0.416 e. The molecule has 4 nitrogen and oxygen atoms in total. The van der Waals surface area contributed by atoms with Crippen LogP contribution >= 0.6 is 0 Å². The predicted molar refractivity (Wildman–Crippen MR) is 115 cm³/mol. The van der Waals surface area contributed by atoms with E-state index in [2.05, 4.69) is 15.2 Å². The number of H-pyrrole nitrogens is 1. The molecule has 0 amide bonds. The quantitative estimate of drug-likeness (QED) is 0.436. The van der Waals surface area contributed by atoms with Gasteiger partial charge in [-0.2, -0.15) is 18.3 Å². The summed E-state index contributed by atoms with van der Waals surface area (Å²) in [5.41, 5.74) is 0.0264. The molecule has 0 aliphatic carbocycles. The molecule has 2 N–H and O–H groups in total. The fraction of sp³-hybridized carbons (Fsp3) is 0.250. The van der Waals surface area contributed by atoms with Gasteiger partial charge in [0.15, 0.2) is 0 Å². The van der Waals surface area contributed by atoms with Gasteiger partial charge in [0.1, 0.15) is 17.3 Å². The molecule has 3 aromatic rings. The number of benzene rings is 2. The van der Waals surface area contributed by atoms with Crippen LogP contribution in [0.15, 0.2) is 41.5 Å². The van der Waals surface area contributed by atoms with Gasteiger partial charge in [-0.05, 0) is 42.2 Å². The van der Waals surface area contributed by atoms with E-state index in [1.165, 1.54) is 6.20 Å². The Morgan fingerprint density at radius 3 is 2.45 bits per heavy atom. The van der Waals surface area contributed by atoms with Crippen LogP contribution in [0.1, 0.15) is 54.5 Å². The molecule has 0 saturated carbocycles. The van der Waals surface area contributed by atoms with Crippen molar-refractivity contribution in [2.75, 3.05) is 0 Å². The van der Waals surface area contributed by atoms with Gasteiger partial charge >= 0.3 is 6.18 Å². The number of hydrogen-bond donors (Lipinski definition) is 2. The summed E-state index contributed by atoms with van der Waals surface area (Å²) in [6, 6.07) is 4.21. The van der Waals surface area contributed by atoms with Gasteiger partial charge in [-0.3, -0.25) is 5.10 Å². The number of halogens is 5. The third-order valence-corrected chi connectivity index (χ3v) is 5.63. The molecule has 0 saturated heterocycles. The number of allylic oxidation sites excluding steroid dienone is 2. The lowest BCUT2D eigenvalue weighted by molar-refractivity contribution is -0.137. The largest absolute Gasteiger partial charge is 0.416 e. The summed E-state index contributed by atoms with van der Waals surface area (Å²) in [6.45, 7) is 4.45. The number of aliphatic hydroxyl groups excluding tert-OH is 1. The molecular formula is C24H20F5N3O. The highest BCUT2D eigenvalue weighted by Crippen LogP contribution is 2.46. The number of hydrogen-bond acceptors (Lipinski definition) is 3. The first-order valence-corrected chi connectivity index (χ1v) is 10.2. The summed E-state index contributed by atoms with van der Waals surface area (Å²) >= 11 is 0. The van der Waals surface area contributed by atoms with Crippen molar-refractivity contribution < 1.29 is 27.1 Å². The summed E-state index contributed by atoms with van der Waals surface area (Å²) in [4.78, 5) is 4.44. The summed E-state index contributed by atoms with van der Waals surface area (Å²) in [5.74, 6) is -2.24. The molecule has 0 atom stereocenters. The summed E-state index contributed by atoms with van der Waals surface area (Å²) in [7, 11) is 0. The van der Waals surface area contributed by atoms with Crippen molar-refractivity contribution >= 4 is 17.0 Å². The Kier molecular flexibility index (Phi) is 5.69. The first kappa shape index (κ1) is 22.8. The van der Waals surface area contributed by atoms with Gasteiger partial charge in [0.05, 0.1) is 35.3 Å². The fourth-order valence-corrected chi connectivity index (χ4v) is 4.05. The number of nitrogens with one attached hydrogen (secondary N) is 1. The fourth-order valence-electron chi connectivity index (χ4n) is 4.05. The Morgan fingerprint density at radius 2 is 1.85 bits per heavy atom. The van der Waals surface area contributed by atoms with Crippen LogP contribution in [0.25, 0.3) is 16.8 Å². The standard InChI is InChI=1S/C24H20F5N3O/c1-4-14-19-15(11(2)3)7-13(24(27,28)29)8-16(19)22-18(9-30-32-22)31-23(14)20-17(25)6-5-12(10-33)21(20)26/h4-9,11,33H,10H2,1-3H3,(H,30,32)/b14-4+. The lowest BCUT2D eigenvalue weighted by Gasteiger charge is -2.22. The minimum absolute atomic E-state index is 0.0918. The molecule has 0 spiro atoms. The second kappa shape index (κ2) is 8.22. The molecule has 172 valence electrons. The average molecular weight is 461 g/mol. The van der Waals surface area contributed by atoms with Crippen molar-refractivity contribution in [2.45, 2.75) is 39.5 Å². The van der Waals surface area contributed by atoms with E-state index >= 15 is 4.39 Å². The van der Waals surface area contributed by atoms with Crippen molar-refractivity contribution in [3.8, 4) is 11.3 Å². The van der Waals surface area contributed by atoms with E-state index in [1.54, 1.807) is 26.8 Å². The van der Waals surface area contributed by atoms with Gasteiger partial charge in [0.2, 0.25) is 0 Å². The molecule has 0 bridgehead atoms. The Balaban J connectivity index is 2.14. The number of rotatable bonds is 3. The molecule has 0 fully saturated rings. The average Bonchev–Trinajstić information content (AvgIpc) is 3.16. The topological polar surface area (TPSA) is 61.3 Å². The smallest absolute Gasteiger partial charge is 0.392 e. The van der Waals surface area contributed by atoms with E-state index in [9.17, 15) is 22.7 Å². The first-order chi connectivity index (χ1) is 15.6. The first-order valence-electron chi connectivity index (χ1n) is 10.2. The number of aromatic amines is 1. The number of fused-ring (bicyclic) bond motifs is 3. The van der Waals surface area contributed by atoms with Crippen LogP contribution in [0.5, 0.6) is 0 Å². The van der Waals surface area contributed by atoms with Gasteiger partial charge in [-0.15, -0.1) is 0 Å². The van der Waals surface area contributed by atoms with E-state index in [0.29, 0.717) is 11.1 Å². The Bertz CT molecular complexity index is 1300. The second-order valence-corrected chi connectivity index (χ2v) is 7.99. The maximum absolute atomic E-state index is 15.2. The molecule has 1 aliphatic heterocycles. The van der Waals surface area contributed by atoms with Crippen molar-refractivity contribution in [1.82, 2.24) is 10.2 Å². The van der Waals surface area contributed by atoms with E-state index in [4.69, 9.17) is 0 Å². The number of nitrogens with zero attached hydrogens (tertiary/aromatic N) is 2. The van der Waals surface area contributed by atoms with E-state index in [-0.39, 0.29) is 39.7 Å². The van der Waals surface area contributed by atoms with Crippen molar-refractivity contribution in [1.29, 1.82) is 0 Å². The van der Waals surface area contributed by atoms with Gasteiger partial charge in [0, 0.05) is 16.7 Å². The van der Waals surface area contributed by atoms with Crippen LogP contribution in [-0.4, -0.2) is 21.0 Å². The number of aliphatic imine (C=N–C) groups is 1. The van der Waals surface area contributed by atoms with Crippen LogP contribution in [0.4, 0.5) is 27.6 Å². The third kappa shape index (κ3) is 3.76. The van der Waals surface area contributed by atoms with Crippen molar-refractivity contribution in [2.24, 2.45) is 4.99 Å². The van der Waals surface area contributed by atoms with Crippen LogP contribution < -0.4 is 0 Å². The third-order valence-electron chi connectivity index (χ3n) is 5.63. The van der Waals surface area contributed by atoms with Gasteiger partial charge in [-0.1, -0.05) is 26.0 Å². The molecule has 9 heteroatoms. The zero-order chi connectivity index (χ0) is 24.1. The molecule has 1 aromatic heterocycles. The molecule has 0 radical (unpaired) electrons. The molecule has 2 heterocycles. The van der Waals surface area contributed by atoms with Gasteiger partial charge in [-0.25, -0.2) is 13.8 Å². The Hall–Kier alpha value is -3.33. The summed E-state index contributed by atoms with van der Waals surface area (Å²) in [6.07, 6.45) is -1.74. The van der Waals surface area contributed by atoms with Gasteiger partial charge < -0.3 is 5.11 Å². The minimum Gasteiger partial charge on any atom is -0.392 e. The number of aliphatic hydroxyl groups is 1. The second-order valence-electron chi connectivity index (χ2n) is 7.99. The van der Waals surface area contributed by atoms with Crippen molar-refractivity contribution in [3.63, 3.8) is 0 Å². The molecule has 2 aromatic carbocycles. The lowest BCUT2D eigenvalue weighted by Crippen LogP contribution is -2.14. The molecule has 1 aliphatic rings. The molecular weight excluding hydrogens is 441 g/mol. The SMILES string of the molecule is C/C=C1/C(c2c(F)ccc(CO)c2F)=Nc2cn[nH]c2-c2cc(C(F)(F)F)cc(C(C)C)c21. The normalized spacial score (nSPS) is 14.8. The van der Waals surface area contributed by atoms with E-state index in [1.807, 2.05) is 0 Å². The molecule has 4 rings (SSSR count). The summed E-state index contributed by atoms with van der Waals surface area (Å²) in [5, 5.41) is 16.1. The summed E-state index contributed by atoms with van der Waals surface area (Å²) < 4.78 is 71.4. The predicted octanol–water partition coefficient (Wildman–Crippen LogP) is 6.53. The number of alkyl halides is 3. The monoisotopic (exact) mass is 461 g/mol. The lowest BCUT2D eigenvalue weighted by atomic mass is 9.83. The van der Waals surface area contributed by atoms with Crippen LogP contribution in [-0.2, 0) is 12.8 Å². The zero-order valence-corrected chi connectivity index (χ0v) is 18.0. The van der Waals surface area contributed by atoms with Crippen LogP contribution in [0.2, 0.25) is 0 Å². The zero-order valence-electron chi connectivity index (χ0n) is 18.0. The van der Waals surface area contributed by atoms with Crippen LogP contribution in [0, 0.1) is 11.6 Å². The molecule has 0 unspecified atom stereocenters. The van der Waals surface area contributed by atoms with Crippen LogP contribution in [0.3, 0.4) is 0 Å². The highest BCUT2D eigenvalue weighted by atomic mass is 19.4.